The molecule has 9 rings (SSSR count). The minimum absolute atomic E-state index is 0.916. The summed E-state index contributed by atoms with van der Waals surface area (Å²) in [6.07, 6.45) is 0. The smallest absolute Gasteiger partial charge is 0.146 e. The number of hydrogen-bond acceptors (Lipinski definition) is 3. The molecular formula is C31H16N2OS. The van der Waals surface area contributed by atoms with Gasteiger partial charge in [-0.05, 0) is 36.4 Å². The topological polar surface area (TPSA) is 30.4 Å². The highest BCUT2D eigenvalue weighted by Gasteiger charge is 2.21. The lowest BCUT2D eigenvalue weighted by molar-refractivity contribution is 0.673. The van der Waals surface area contributed by atoms with Crippen LogP contribution in [0.25, 0.3) is 80.5 Å². The van der Waals surface area contributed by atoms with Crippen molar-refractivity contribution in [3.8, 4) is 0 Å². The normalized spacial score (nSPS) is 12.6. The number of nitrogens with zero attached hydrogens (tertiary/aromatic N) is 2. The van der Waals surface area contributed by atoms with Gasteiger partial charge in [-0.25, -0.2) is 4.98 Å². The standard InChI is InChI=1S/C31H16N2OS/c1-5-11-25-17(7-1)19-13-16-22-27(29(19)34-25)21-15-14-20-18-8-2-6-12-26(18)35-30(20)28(21)33-24-10-4-3-9-23(24)32-31(22)33/h1-16H. The Labute approximate surface area is 202 Å². The molecule has 0 amide bonds. The largest absolute Gasteiger partial charge is 0.455 e. The maximum absolute atomic E-state index is 6.53. The van der Waals surface area contributed by atoms with E-state index in [-0.39, 0.29) is 0 Å². The third kappa shape index (κ3) is 2.14. The van der Waals surface area contributed by atoms with Crippen LogP contribution in [-0.2, 0) is 0 Å². The molecule has 0 saturated carbocycles. The van der Waals surface area contributed by atoms with E-state index in [1.807, 2.05) is 17.4 Å². The van der Waals surface area contributed by atoms with Gasteiger partial charge in [-0.15, -0.1) is 11.3 Å². The first-order valence-corrected chi connectivity index (χ1v) is 12.6. The summed E-state index contributed by atoms with van der Waals surface area (Å²) >= 11 is 1.86. The quantitative estimate of drug-likeness (QED) is 0.210. The number of para-hydroxylation sites is 3. The van der Waals surface area contributed by atoms with E-state index in [9.17, 15) is 0 Å². The van der Waals surface area contributed by atoms with Crippen molar-refractivity contribution in [1.29, 1.82) is 0 Å². The van der Waals surface area contributed by atoms with Gasteiger partial charge in [-0.3, -0.25) is 4.40 Å². The van der Waals surface area contributed by atoms with E-state index in [2.05, 4.69) is 95.4 Å². The number of thiophene rings is 1. The van der Waals surface area contributed by atoms with Gasteiger partial charge in [0, 0.05) is 42.4 Å². The van der Waals surface area contributed by atoms with Gasteiger partial charge in [0.15, 0.2) is 0 Å². The molecule has 4 heteroatoms. The summed E-state index contributed by atoms with van der Waals surface area (Å²) in [5.74, 6) is 0. The van der Waals surface area contributed by atoms with Gasteiger partial charge in [0.25, 0.3) is 0 Å². The van der Waals surface area contributed by atoms with Crippen LogP contribution in [0.1, 0.15) is 0 Å². The second kappa shape index (κ2) is 6.17. The Morgan fingerprint density at radius 2 is 1.37 bits per heavy atom. The first-order chi connectivity index (χ1) is 17.4. The molecule has 5 aromatic carbocycles. The van der Waals surface area contributed by atoms with Gasteiger partial charge in [-0.1, -0.05) is 60.7 Å². The van der Waals surface area contributed by atoms with E-state index in [1.165, 1.54) is 31.1 Å². The fourth-order valence-corrected chi connectivity index (χ4v) is 7.11. The number of furan rings is 1. The molecule has 35 heavy (non-hydrogen) atoms. The van der Waals surface area contributed by atoms with Crippen LogP contribution in [0.3, 0.4) is 0 Å². The predicted octanol–water partition coefficient (Wildman–Crippen LogP) is 9.06. The van der Waals surface area contributed by atoms with Crippen LogP contribution in [-0.4, -0.2) is 9.38 Å². The van der Waals surface area contributed by atoms with Crippen LogP contribution in [0.2, 0.25) is 0 Å². The first-order valence-electron chi connectivity index (χ1n) is 11.7. The van der Waals surface area contributed by atoms with E-state index in [1.54, 1.807) is 0 Å². The molecule has 4 aromatic heterocycles. The zero-order chi connectivity index (χ0) is 22.7. The molecule has 0 atom stereocenters. The number of fused-ring (bicyclic) bond motifs is 16. The maximum Gasteiger partial charge on any atom is 0.146 e. The number of benzene rings is 5. The highest BCUT2D eigenvalue weighted by atomic mass is 32.1. The highest BCUT2D eigenvalue weighted by molar-refractivity contribution is 7.26. The Hall–Kier alpha value is -4.41. The second-order valence-corrected chi connectivity index (χ2v) is 10.2. The lowest BCUT2D eigenvalue weighted by atomic mass is 10.0. The fraction of sp³-hybridized carbons (Fsp3) is 0. The van der Waals surface area contributed by atoms with E-state index < -0.39 is 0 Å². The molecule has 0 unspecified atom stereocenters. The summed E-state index contributed by atoms with van der Waals surface area (Å²) in [5.41, 5.74) is 6.16. The molecule has 0 radical (unpaired) electrons. The molecule has 0 N–H and O–H groups in total. The fourth-order valence-electron chi connectivity index (χ4n) is 5.87. The molecule has 0 saturated heterocycles. The Kier molecular flexibility index (Phi) is 3.17. The number of hydrogen-bond donors (Lipinski definition) is 0. The van der Waals surface area contributed by atoms with Crippen molar-refractivity contribution in [2.75, 3.05) is 0 Å². The molecule has 4 heterocycles. The average molecular weight is 465 g/mol. The van der Waals surface area contributed by atoms with E-state index in [0.717, 1.165) is 49.4 Å². The minimum Gasteiger partial charge on any atom is -0.455 e. The number of pyridine rings is 1. The van der Waals surface area contributed by atoms with Gasteiger partial charge in [0.1, 0.15) is 16.8 Å². The molecule has 0 aliphatic rings. The number of aromatic nitrogens is 2. The Morgan fingerprint density at radius 1 is 0.629 bits per heavy atom. The van der Waals surface area contributed by atoms with Crippen LogP contribution >= 0.6 is 11.3 Å². The maximum atomic E-state index is 6.53. The van der Waals surface area contributed by atoms with Crippen LogP contribution < -0.4 is 0 Å². The summed E-state index contributed by atoms with van der Waals surface area (Å²) in [6.45, 7) is 0. The Balaban J connectivity index is 1.66. The minimum atomic E-state index is 0.916. The van der Waals surface area contributed by atoms with Crippen molar-refractivity contribution < 1.29 is 4.42 Å². The van der Waals surface area contributed by atoms with Crippen molar-refractivity contribution in [2.24, 2.45) is 0 Å². The number of rotatable bonds is 0. The molecule has 0 bridgehead atoms. The predicted molar refractivity (Wildman–Crippen MR) is 148 cm³/mol. The number of imidazole rings is 1. The Bertz CT molecular complexity index is 2330. The lowest BCUT2D eigenvalue weighted by Gasteiger charge is -2.10. The van der Waals surface area contributed by atoms with Crippen LogP contribution in [0, 0.1) is 0 Å². The monoisotopic (exact) mass is 464 g/mol. The third-order valence-electron chi connectivity index (χ3n) is 7.36. The zero-order valence-corrected chi connectivity index (χ0v) is 19.3. The molecule has 0 spiro atoms. The highest BCUT2D eigenvalue weighted by Crippen LogP contribution is 2.45. The molecular weight excluding hydrogens is 448 g/mol. The summed E-state index contributed by atoms with van der Waals surface area (Å²) in [5, 5.41) is 8.32. The zero-order valence-electron chi connectivity index (χ0n) is 18.4. The molecule has 0 aliphatic heterocycles. The molecule has 0 aliphatic carbocycles. The van der Waals surface area contributed by atoms with Gasteiger partial charge in [0.2, 0.25) is 0 Å². The molecule has 162 valence electrons. The van der Waals surface area contributed by atoms with Crippen LogP contribution in [0.5, 0.6) is 0 Å². The molecule has 3 nitrogen and oxygen atoms in total. The van der Waals surface area contributed by atoms with E-state index in [0.29, 0.717) is 0 Å². The van der Waals surface area contributed by atoms with Crippen molar-refractivity contribution in [1.82, 2.24) is 9.38 Å². The first kappa shape index (κ1) is 18.0. The summed E-state index contributed by atoms with van der Waals surface area (Å²) in [4.78, 5) is 5.14. The van der Waals surface area contributed by atoms with Gasteiger partial charge < -0.3 is 4.42 Å². The van der Waals surface area contributed by atoms with Gasteiger partial charge >= 0.3 is 0 Å². The van der Waals surface area contributed by atoms with Gasteiger partial charge in [0.05, 0.1) is 21.3 Å². The van der Waals surface area contributed by atoms with Crippen molar-refractivity contribution in [3.05, 3.63) is 97.1 Å². The average Bonchev–Trinajstić information content (AvgIpc) is 3.59. The summed E-state index contributed by atoms with van der Waals surface area (Å²) < 4.78 is 11.5. The lowest BCUT2D eigenvalue weighted by Crippen LogP contribution is -1.92. The van der Waals surface area contributed by atoms with Crippen LogP contribution in [0.15, 0.2) is 101 Å². The Morgan fingerprint density at radius 3 is 2.34 bits per heavy atom. The van der Waals surface area contributed by atoms with Gasteiger partial charge in [-0.2, -0.15) is 0 Å². The molecule has 9 aromatic rings. The van der Waals surface area contributed by atoms with E-state index >= 15 is 0 Å². The SMILES string of the molecule is c1ccc2c(c1)nc1c3ccc4c5ccccc5oc4c3c3ccc4c5ccccc5sc4c3n21. The molecule has 0 fully saturated rings. The summed E-state index contributed by atoms with van der Waals surface area (Å²) in [6, 6.07) is 34.4. The van der Waals surface area contributed by atoms with Crippen molar-refractivity contribution in [2.45, 2.75) is 0 Å². The van der Waals surface area contributed by atoms with Crippen LogP contribution in [0.4, 0.5) is 0 Å². The van der Waals surface area contributed by atoms with Crippen molar-refractivity contribution >= 4 is 91.8 Å². The summed E-state index contributed by atoms with van der Waals surface area (Å²) in [7, 11) is 0. The third-order valence-corrected chi connectivity index (χ3v) is 8.56. The van der Waals surface area contributed by atoms with E-state index in [4.69, 9.17) is 9.40 Å². The van der Waals surface area contributed by atoms with Crippen molar-refractivity contribution in [3.63, 3.8) is 0 Å². The second-order valence-electron chi connectivity index (χ2n) is 9.16.